The second-order valence-corrected chi connectivity index (χ2v) is 3.99. The predicted molar refractivity (Wildman–Crippen MR) is 49.2 cm³/mol. The van der Waals surface area contributed by atoms with E-state index in [0.717, 1.165) is 11.3 Å². The molecule has 0 aliphatic rings. The largest absolute Gasteiger partial charge is 0.144 e. The van der Waals surface area contributed by atoms with Crippen molar-refractivity contribution in [3.05, 3.63) is 18.7 Å². The van der Waals surface area contributed by atoms with Crippen molar-refractivity contribution in [2.45, 2.75) is 13.7 Å². The summed E-state index contributed by atoms with van der Waals surface area (Å²) in [5.74, 6) is 0. The number of aryl methyl sites for hydroxylation is 2. The molecule has 1 rings (SSSR count). The fraction of sp³-hybridized carbons (Fsp3) is 0.333. The van der Waals surface area contributed by atoms with Crippen LogP contribution < -0.4 is 0 Å². The number of rotatable bonds is 0. The van der Waals surface area contributed by atoms with Crippen LogP contribution in [-0.2, 0) is 0 Å². The average Bonchev–Trinajstić information content (AvgIpc) is 2.26. The van der Waals surface area contributed by atoms with Gasteiger partial charge in [-0.25, -0.2) is 0 Å². The van der Waals surface area contributed by atoms with Gasteiger partial charge in [-0.05, 0) is 45.6 Å². The maximum Gasteiger partial charge on any atom is 0.0456 e. The molecular weight excluding hydrogens is 264 g/mol. The standard InChI is InChI=1S/C6H6Br2S/c1-3-5(7)6(8)4(2)9-3/h1-2H3/i1D3,2D3. The third-order valence-electron chi connectivity index (χ3n) is 0.796. The summed E-state index contributed by atoms with van der Waals surface area (Å²) < 4.78 is 44.0. The molecule has 0 radical (unpaired) electrons. The van der Waals surface area contributed by atoms with Gasteiger partial charge in [0.2, 0.25) is 0 Å². The molecule has 0 saturated heterocycles. The molecule has 0 saturated carbocycles. The molecule has 1 aromatic heterocycles. The number of hydrogen-bond acceptors (Lipinski definition) is 1. The maximum absolute atomic E-state index is 7.24. The summed E-state index contributed by atoms with van der Waals surface area (Å²) >= 11 is 6.95. The first-order valence-electron chi connectivity index (χ1n) is 5.04. The van der Waals surface area contributed by atoms with E-state index in [1.807, 2.05) is 0 Å². The van der Waals surface area contributed by atoms with Crippen molar-refractivity contribution >= 4 is 43.2 Å². The van der Waals surface area contributed by atoms with Gasteiger partial charge in [0, 0.05) is 26.9 Å². The van der Waals surface area contributed by atoms with Crippen LogP contribution in [0.3, 0.4) is 0 Å². The summed E-state index contributed by atoms with van der Waals surface area (Å²) in [4.78, 5) is 0.112. The van der Waals surface area contributed by atoms with E-state index in [4.69, 9.17) is 8.22 Å². The summed E-state index contributed by atoms with van der Waals surface area (Å²) in [6, 6.07) is 0. The fourth-order valence-corrected chi connectivity index (χ4v) is 2.12. The monoisotopic (exact) mass is 274 g/mol. The van der Waals surface area contributed by atoms with Crippen LogP contribution in [0.4, 0.5) is 0 Å². The molecule has 1 aromatic rings. The highest BCUT2D eigenvalue weighted by Crippen LogP contribution is 2.35. The van der Waals surface area contributed by atoms with E-state index in [1.165, 1.54) is 0 Å². The Labute approximate surface area is 84.0 Å². The van der Waals surface area contributed by atoms with E-state index in [-0.39, 0.29) is 9.75 Å². The second-order valence-electron chi connectivity index (χ2n) is 1.39. The van der Waals surface area contributed by atoms with Crippen molar-refractivity contribution in [3.63, 3.8) is 0 Å². The van der Waals surface area contributed by atoms with E-state index in [0.29, 0.717) is 8.95 Å². The molecule has 0 unspecified atom stereocenters. The van der Waals surface area contributed by atoms with Crippen LogP contribution in [-0.4, -0.2) is 0 Å². The quantitative estimate of drug-likeness (QED) is 0.674. The van der Waals surface area contributed by atoms with Gasteiger partial charge in [0.1, 0.15) is 0 Å². The van der Waals surface area contributed by atoms with E-state index in [1.54, 1.807) is 0 Å². The van der Waals surface area contributed by atoms with Crippen LogP contribution >= 0.6 is 43.2 Å². The summed E-state index contributed by atoms with van der Waals surface area (Å²) in [6.07, 6.45) is 0. The molecule has 0 nitrogen and oxygen atoms in total. The van der Waals surface area contributed by atoms with Gasteiger partial charge in [0.15, 0.2) is 0 Å². The molecule has 0 aromatic carbocycles. The van der Waals surface area contributed by atoms with Gasteiger partial charge in [-0.3, -0.25) is 0 Å². The van der Waals surface area contributed by atoms with E-state index in [2.05, 4.69) is 31.9 Å². The summed E-state index contributed by atoms with van der Waals surface area (Å²) in [5, 5.41) is 0. The fourth-order valence-electron chi connectivity index (χ4n) is 0.391. The molecular formula is C6H6Br2S. The Hall–Kier alpha value is 0.660. The smallest absolute Gasteiger partial charge is 0.0456 e. The molecule has 0 aliphatic heterocycles. The first kappa shape index (κ1) is 2.95. The number of thiophene rings is 1. The van der Waals surface area contributed by atoms with Crippen molar-refractivity contribution in [2.24, 2.45) is 0 Å². The number of halogens is 2. The average molecular weight is 276 g/mol. The van der Waals surface area contributed by atoms with Crippen LogP contribution in [0.5, 0.6) is 0 Å². The van der Waals surface area contributed by atoms with Crippen molar-refractivity contribution in [1.29, 1.82) is 0 Å². The molecule has 0 fully saturated rings. The molecule has 1 heterocycles. The number of hydrogen-bond donors (Lipinski definition) is 0. The molecule has 0 bridgehead atoms. The lowest BCUT2D eigenvalue weighted by Gasteiger charge is -1.84. The van der Waals surface area contributed by atoms with E-state index in [9.17, 15) is 0 Å². The van der Waals surface area contributed by atoms with Crippen LogP contribution in [0.25, 0.3) is 0 Å². The minimum absolute atomic E-state index is 0.0560. The van der Waals surface area contributed by atoms with Gasteiger partial charge in [0.25, 0.3) is 0 Å². The lowest BCUT2D eigenvalue weighted by molar-refractivity contribution is 1.52. The van der Waals surface area contributed by atoms with Gasteiger partial charge in [-0.2, -0.15) is 0 Å². The van der Waals surface area contributed by atoms with E-state index < -0.39 is 13.7 Å². The molecule has 9 heavy (non-hydrogen) atoms. The van der Waals surface area contributed by atoms with Crippen molar-refractivity contribution in [1.82, 2.24) is 0 Å². The Morgan fingerprint density at radius 2 is 1.67 bits per heavy atom. The Morgan fingerprint density at radius 1 is 1.22 bits per heavy atom. The summed E-state index contributed by atoms with van der Waals surface area (Å²) in [5.41, 5.74) is 0. The molecule has 0 atom stereocenters. The Balaban J connectivity index is 3.38. The maximum atomic E-state index is 7.24. The zero-order valence-corrected chi connectivity index (χ0v) is 8.15. The predicted octanol–water partition coefficient (Wildman–Crippen LogP) is 3.89. The van der Waals surface area contributed by atoms with Gasteiger partial charge >= 0.3 is 0 Å². The zero-order valence-electron chi connectivity index (χ0n) is 10.2. The normalized spacial score (nSPS) is 22.9. The van der Waals surface area contributed by atoms with Crippen LogP contribution in [0.2, 0.25) is 0 Å². The third-order valence-corrected chi connectivity index (χ3v) is 4.26. The summed E-state index contributed by atoms with van der Waals surface area (Å²) in [6.45, 7) is -4.59. The van der Waals surface area contributed by atoms with Crippen molar-refractivity contribution < 1.29 is 8.22 Å². The minimum Gasteiger partial charge on any atom is -0.144 e. The molecule has 0 amide bonds. The first-order valence-corrected chi connectivity index (χ1v) is 4.44. The molecule has 0 spiro atoms. The van der Waals surface area contributed by atoms with Gasteiger partial charge in [-0.15, -0.1) is 11.3 Å². The lowest BCUT2D eigenvalue weighted by atomic mass is 10.5. The Kier molecular flexibility index (Phi) is 0.894. The van der Waals surface area contributed by atoms with E-state index >= 15 is 0 Å². The van der Waals surface area contributed by atoms with Crippen LogP contribution in [0.15, 0.2) is 8.95 Å². The molecule has 0 aliphatic carbocycles. The highest BCUT2D eigenvalue weighted by molar-refractivity contribution is 9.13. The first-order chi connectivity index (χ1) is 6.55. The Bertz CT molecular complexity index is 342. The van der Waals surface area contributed by atoms with Crippen molar-refractivity contribution in [2.75, 3.05) is 0 Å². The SMILES string of the molecule is [2H]C([2H])([2H])c1sc(C([2H])([2H])[2H])c(Br)c1Br. The summed E-state index contributed by atoms with van der Waals surface area (Å²) in [7, 11) is 0. The highest BCUT2D eigenvalue weighted by atomic mass is 79.9. The molecule has 3 heteroatoms. The third kappa shape index (κ3) is 1.38. The second kappa shape index (κ2) is 2.72. The molecule has 0 N–H and O–H groups in total. The van der Waals surface area contributed by atoms with Gasteiger partial charge in [0.05, 0.1) is 0 Å². The Morgan fingerprint density at radius 3 is 1.89 bits per heavy atom. The minimum atomic E-state index is -2.30. The lowest BCUT2D eigenvalue weighted by Crippen LogP contribution is -1.60. The van der Waals surface area contributed by atoms with Crippen molar-refractivity contribution in [3.8, 4) is 0 Å². The highest BCUT2D eigenvalue weighted by Gasteiger charge is 2.05. The topological polar surface area (TPSA) is 0 Å². The van der Waals surface area contributed by atoms with Gasteiger partial charge < -0.3 is 0 Å². The van der Waals surface area contributed by atoms with Gasteiger partial charge in [-0.1, -0.05) is 0 Å². The molecule has 50 valence electrons. The van der Waals surface area contributed by atoms with Crippen LogP contribution in [0.1, 0.15) is 18.0 Å². The van der Waals surface area contributed by atoms with Crippen LogP contribution in [0, 0.1) is 13.7 Å². The zero-order chi connectivity index (χ0) is 12.0.